The van der Waals surface area contributed by atoms with Crippen LogP contribution in [0.4, 0.5) is 0 Å². The predicted molar refractivity (Wildman–Crippen MR) is 131 cm³/mol. The summed E-state index contributed by atoms with van der Waals surface area (Å²) in [5.41, 5.74) is 5.18. The van der Waals surface area contributed by atoms with Crippen LogP contribution >= 0.6 is 0 Å². The first-order chi connectivity index (χ1) is 15.2. The quantitative estimate of drug-likeness (QED) is 0.293. The molecule has 2 heterocycles. The van der Waals surface area contributed by atoms with E-state index in [0.29, 0.717) is 0 Å². The van der Waals surface area contributed by atoms with Gasteiger partial charge in [0.1, 0.15) is 0 Å². The first kappa shape index (κ1) is 23.3. The molecular formula is C28H38N2O. The number of hydrogen-bond acceptors (Lipinski definition) is 2. The van der Waals surface area contributed by atoms with Gasteiger partial charge in [0.15, 0.2) is 0 Å². The van der Waals surface area contributed by atoms with Crippen molar-refractivity contribution in [2.75, 3.05) is 19.6 Å². The lowest BCUT2D eigenvalue weighted by Crippen LogP contribution is -2.26. The molecule has 0 unspecified atom stereocenters. The number of carbonyl (C=O) groups excluding carboxylic acids is 1. The third-order valence-electron chi connectivity index (χ3n) is 6.01. The Morgan fingerprint density at radius 2 is 1.58 bits per heavy atom. The lowest BCUT2D eigenvalue weighted by Gasteiger charge is -2.20. The molecule has 3 rings (SSSR count). The smallest absolute Gasteiger partial charge is 0.210 e. The molecule has 2 aromatic heterocycles. The van der Waals surface area contributed by atoms with Crippen LogP contribution in [0.15, 0.2) is 54.7 Å². The van der Waals surface area contributed by atoms with Crippen molar-refractivity contribution in [2.45, 2.75) is 65.7 Å². The van der Waals surface area contributed by atoms with Gasteiger partial charge in [0.05, 0.1) is 5.69 Å². The number of benzene rings is 1. The molecule has 166 valence electrons. The largest absolute Gasteiger partial charge is 0.313 e. The predicted octanol–water partition coefficient (Wildman–Crippen LogP) is 6.57. The van der Waals surface area contributed by atoms with Gasteiger partial charge in [0, 0.05) is 17.3 Å². The number of carbonyl (C=O) groups is 1. The molecule has 3 heteroatoms. The van der Waals surface area contributed by atoms with E-state index in [1.165, 1.54) is 31.5 Å². The van der Waals surface area contributed by atoms with Gasteiger partial charge in [-0.15, -0.1) is 0 Å². The Morgan fingerprint density at radius 3 is 2.26 bits per heavy atom. The highest BCUT2D eigenvalue weighted by molar-refractivity contribution is 6.09. The highest BCUT2D eigenvalue weighted by Gasteiger charge is 2.18. The molecule has 0 fully saturated rings. The van der Waals surface area contributed by atoms with Crippen LogP contribution in [0.3, 0.4) is 0 Å². The second-order valence-electron chi connectivity index (χ2n) is 8.59. The van der Waals surface area contributed by atoms with Crippen molar-refractivity contribution in [1.82, 2.24) is 9.30 Å². The van der Waals surface area contributed by atoms with Gasteiger partial charge in [-0.3, -0.25) is 4.79 Å². The van der Waals surface area contributed by atoms with E-state index < -0.39 is 0 Å². The summed E-state index contributed by atoms with van der Waals surface area (Å²) in [6.45, 7) is 10.2. The summed E-state index contributed by atoms with van der Waals surface area (Å²) in [4.78, 5) is 16.0. The Bertz CT molecular complexity index is 949. The van der Waals surface area contributed by atoms with Gasteiger partial charge >= 0.3 is 0 Å². The maximum absolute atomic E-state index is 13.4. The molecule has 0 saturated carbocycles. The molecule has 3 aromatic rings. The summed E-state index contributed by atoms with van der Waals surface area (Å²) in [5, 5.41) is 0. The number of aromatic nitrogens is 1. The molecule has 3 nitrogen and oxygen atoms in total. The third kappa shape index (κ3) is 6.07. The van der Waals surface area contributed by atoms with E-state index in [0.717, 1.165) is 61.0 Å². The molecule has 0 amide bonds. The zero-order chi connectivity index (χ0) is 22.1. The minimum Gasteiger partial charge on any atom is -0.313 e. The van der Waals surface area contributed by atoms with Gasteiger partial charge in [-0.2, -0.15) is 0 Å². The number of hydrogen-bond donors (Lipinski definition) is 0. The molecule has 0 aliphatic carbocycles. The molecule has 0 N–H and O–H groups in total. The number of rotatable bonds is 13. The molecule has 1 aromatic carbocycles. The van der Waals surface area contributed by atoms with Crippen molar-refractivity contribution in [1.29, 1.82) is 0 Å². The van der Waals surface area contributed by atoms with E-state index in [-0.39, 0.29) is 5.78 Å². The maximum Gasteiger partial charge on any atom is 0.210 e. The van der Waals surface area contributed by atoms with Gasteiger partial charge in [0.2, 0.25) is 5.78 Å². The van der Waals surface area contributed by atoms with Crippen LogP contribution in [0.1, 0.15) is 80.1 Å². The molecule has 0 aliphatic heterocycles. The molecule has 0 radical (unpaired) electrons. The first-order valence-corrected chi connectivity index (χ1v) is 12.1. The van der Waals surface area contributed by atoms with Crippen molar-refractivity contribution in [3.63, 3.8) is 0 Å². The van der Waals surface area contributed by atoms with Crippen LogP contribution in [0.2, 0.25) is 0 Å². The zero-order valence-corrected chi connectivity index (χ0v) is 19.6. The second-order valence-corrected chi connectivity index (χ2v) is 8.59. The van der Waals surface area contributed by atoms with Crippen LogP contribution in [0, 0.1) is 0 Å². The fourth-order valence-corrected chi connectivity index (χ4v) is 4.43. The summed E-state index contributed by atoms with van der Waals surface area (Å²) in [7, 11) is 0. The summed E-state index contributed by atoms with van der Waals surface area (Å²) in [5.74, 6) is 0.126. The fourth-order valence-electron chi connectivity index (χ4n) is 4.43. The number of aryl methyl sites for hydroxylation is 2. The molecule has 0 aliphatic rings. The normalized spacial score (nSPS) is 11.5. The average Bonchev–Trinajstić information content (AvgIpc) is 3.16. The highest BCUT2D eigenvalue weighted by atomic mass is 16.1. The van der Waals surface area contributed by atoms with E-state index in [1.54, 1.807) is 0 Å². The van der Waals surface area contributed by atoms with Crippen molar-refractivity contribution in [3.05, 3.63) is 77.1 Å². The van der Waals surface area contributed by atoms with Gasteiger partial charge < -0.3 is 9.30 Å². The Balaban J connectivity index is 1.70. The van der Waals surface area contributed by atoms with Crippen molar-refractivity contribution >= 4 is 11.3 Å². The minimum absolute atomic E-state index is 0.126. The number of nitrogens with zero attached hydrogens (tertiary/aromatic N) is 2. The zero-order valence-electron chi connectivity index (χ0n) is 19.6. The van der Waals surface area contributed by atoms with E-state index >= 15 is 0 Å². The van der Waals surface area contributed by atoms with Crippen LogP contribution < -0.4 is 0 Å². The van der Waals surface area contributed by atoms with E-state index in [9.17, 15) is 4.79 Å². The van der Waals surface area contributed by atoms with Gasteiger partial charge in [-0.1, -0.05) is 57.5 Å². The van der Waals surface area contributed by atoms with Gasteiger partial charge in [-0.25, -0.2) is 0 Å². The topological polar surface area (TPSA) is 24.7 Å². The van der Waals surface area contributed by atoms with Crippen molar-refractivity contribution < 1.29 is 4.79 Å². The van der Waals surface area contributed by atoms with Crippen LogP contribution in [0.25, 0.3) is 5.52 Å². The van der Waals surface area contributed by atoms with Crippen LogP contribution in [-0.4, -0.2) is 34.7 Å². The van der Waals surface area contributed by atoms with Crippen LogP contribution in [-0.2, 0) is 12.8 Å². The lowest BCUT2D eigenvalue weighted by atomic mass is 10.00. The van der Waals surface area contributed by atoms with Crippen LogP contribution in [0.5, 0.6) is 0 Å². The maximum atomic E-state index is 13.4. The van der Waals surface area contributed by atoms with Gasteiger partial charge in [0.25, 0.3) is 0 Å². The molecule has 31 heavy (non-hydrogen) atoms. The van der Waals surface area contributed by atoms with Crippen molar-refractivity contribution in [3.8, 4) is 0 Å². The Labute approximate surface area is 188 Å². The lowest BCUT2D eigenvalue weighted by molar-refractivity contribution is 0.103. The number of pyridine rings is 1. The first-order valence-electron chi connectivity index (χ1n) is 12.1. The number of ketones is 1. The average molecular weight is 419 g/mol. The van der Waals surface area contributed by atoms with E-state index in [2.05, 4.69) is 54.3 Å². The highest BCUT2D eigenvalue weighted by Crippen LogP contribution is 2.22. The fraction of sp³-hybridized carbons (Fsp3) is 0.464. The molecule has 0 spiro atoms. The monoisotopic (exact) mass is 418 g/mol. The Morgan fingerprint density at radius 1 is 0.839 bits per heavy atom. The SMILES string of the molecule is CCCCc1cc2ccccn2c1C(=O)c1ccc(CCCN(CCC)CCC)cc1. The van der Waals surface area contributed by atoms with Gasteiger partial charge in [-0.05, 0) is 87.5 Å². The summed E-state index contributed by atoms with van der Waals surface area (Å²) in [6.07, 6.45) is 9.84. The molecule has 0 saturated heterocycles. The third-order valence-corrected chi connectivity index (χ3v) is 6.01. The molecule has 0 bridgehead atoms. The molecular weight excluding hydrogens is 380 g/mol. The number of fused-ring (bicyclic) bond motifs is 1. The summed E-state index contributed by atoms with van der Waals surface area (Å²) >= 11 is 0. The Kier molecular flexibility index (Phi) is 8.90. The summed E-state index contributed by atoms with van der Waals surface area (Å²) < 4.78 is 2.05. The summed E-state index contributed by atoms with van der Waals surface area (Å²) in [6, 6.07) is 16.6. The number of unbranched alkanes of at least 4 members (excludes halogenated alkanes) is 1. The van der Waals surface area contributed by atoms with E-state index in [1.807, 2.05) is 30.5 Å². The van der Waals surface area contributed by atoms with E-state index in [4.69, 9.17) is 0 Å². The standard InChI is InChI=1S/C28H38N2O/c1-4-7-12-25-22-26-13-8-9-21-30(26)27(25)28(31)24-16-14-23(15-17-24)11-10-20-29(18-5-2)19-6-3/h8-9,13-17,21-22H,4-7,10-12,18-20H2,1-3H3. The second kappa shape index (κ2) is 11.9. The minimum atomic E-state index is 0.126. The van der Waals surface area contributed by atoms with Crippen molar-refractivity contribution in [2.24, 2.45) is 0 Å². The Hall–Kier alpha value is -2.39. The molecule has 0 atom stereocenters.